The molecular formula is C24H31N3O4. The fourth-order valence-electron chi connectivity index (χ4n) is 4.91. The van der Waals surface area contributed by atoms with Gasteiger partial charge in [0.25, 0.3) is 5.56 Å². The van der Waals surface area contributed by atoms with Crippen LogP contribution in [0.15, 0.2) is 41.2 Å². The Morgan fingerprint density at radius 3 is 2.81 bits per heavy atom. The summed E-state index contributed by atoms with van der Waals surface area (Å²) in [6.45, 7) is 5.75. The van der Waals surface area contributed by atoms with E-state index in [2.05, 4.69) is 11.0 Å². The Bertz CT molecular complexity index is 1000. The van der Waals surface area contributed by atoms with Crippen LogP contribution in [0.3, 0.4) is 0 Å². The van der Waals surface area contributed by atoms with Crippen LogP contribution < -0.4 is 5.56 Å². The number of piperidine rings is 1. The van der Waals surface area contributed by atoms with Crippen LogP contribution in [-0.2, 0) is 29.2 Å². The number of phenols is 1. The predicted octanol–water partition coefficient (Wildman–Crippen LogP) is 2.17. The predicted molar refractivity (Wildman–Crippen MR) is 118 cm³/mol. The number of pyridine rings is 1. The molecule has 2 aliphatic rings. The molecule has 7 heteroatoms. The molecule has 4 rings (SSSR count). The van der Waals surface area contributed by atoms with Crippen LogP contribution in [0, 0.1) is 5.92 Å². The van der Waals surface area contributed by atoms with Crippen molar-refractivity contribution in [3.63, 3.8) is 0 Å². The highest BCUT2D eigenvalue weighted by Crippen LogP contribution is 2.35. The van der Waals surface area contributed by atoms with E-state index in [1.807, 2.05) is 41.6 Å². The molecule has 166 valence electrons. The van der Waals surface area contributed by atoms with Crippen molar-refractivity contribution < 1.29 is 14.6 Å². The number of fused-ring (bicyclic) bond motifs is 4. The summed E-state index contributed by atoms with van der Waals surface area (Å²) in [5.74, 6) is 0.789. The molecule has 7 nitrogen and oxygen atoms in total. The van der Waals surface area contributed by atoms with E-state index >= 15 is 0 Å². The van der Waals surface area contributed by atoms with Gasteiger partial charge in [-0.2, -0.15) is 0 Å². The molecule has 2 atom stereocenters. The Morgan fingerprint density at radius 2 is 2.03 bits per heavy atom. The maximum absolute atomic E-state index is 13.2. The van der Waals surface area contributed by atoms with E-state index in [1.165, 1.54) is 0 Å². The van der Waals surface area contributed by atoms with Crippen molar-refractivity contribution in [1.29, 1.82) is 0 Å². The van der Waals surface area contributed by atoms with Crippen molar-refractivity contribution in [2.75, 3.05) is 33.4 Å². The first kappa shape index (κ1) is 21.6. The van der Waals surface area contributed by atoms with Crippen LogP contribution >= 0.6 is 0 Å². The second kappa shape index (κ2) is 9.24. The Labute approximate surface area is 182 Å². The van der Waals surface area contributed by atoms with Gasteiger partial charge in [-0.3, -0.25) is 14.5 Å². The molecule has 0 aliphatic carbocycles. The molecular weight excluding hydrogens is 394 g/mol. The molecule has 0 spiro atoms. The molecule has 0 unspecified atom stereocenters. The van der Waals surface area contributed by atoms with Crippen molar-refractivity contribution in [3.05, 3.63) is 63.6 Å². The zero-order chi connectivity index (χ0) is 22.0. The smallest absolute Gasteiger partial charge is 0.255 e. The number of likely N-dealkylation sites (tertiary alicyclic amines) is 1. The summed E-state index contributed by atoms with van der Waals surface area (Å²) in [6, 6.07) is 11.2. The highest BCUT2D eigenvalue weighted by molar-refractivity contribution is 5.77. The molecule has 1 fully saturated rings. The van der Waals surface area contributed by atoms with Crippen molar-refractivity contribution in [1.82, 2.24) is 14.4 Å². The van der Waals surface area contributed by atoms with Crippen molar-refractivity contribution in [2.45, 2.75) is 38.9 Å². The Hall–Kier alpha value is -2.64. The lowest BCUT2D eigenvalue weighted by atomic mass is 9.83. The summed E-state index contributed by atoms with van der Waals surface area (Å²) < 4.78 is 7.23. The van der Waals surface area contributed by atoms with Crippen LogP contribution in [0.25, 0.3) is 0 Å². The van der Waals surface area contributed by atoms with Gasteiger partial charge in [0, 0.05) is 56.5 Å². The first-order valence-corrected chi connectivity index (χ1v) is 11.0. The van der Waals surface area contributed by atoms with Gasteiger partial charge in [-0.05, 0) is 50.1 Å². The normalized spacial score (nSPS) is 20.0. The maximum Gasteiger partial charge on any atom is 0.255 e. The second-order valence-corrected chi connectivity index (χ2v) is 8.78. The van der Waals surface area contributed by atoms with E-state index in [0.717, 1.165) is 23.2 Å². The number of benzene rings is 1. The first-order valence-electron chi connectivity index (χ1n) is 11.0. The van der Waals surface area contributed by atoms with E-state index in [0.29, 0.717) is 45.2 Å². The summed E-state index contributed by atoms with van der Waals surface area (Å²) in [6.07, 6.45) is 1.02. The minimum Gasteiger partial charge on any atom is -0.508 e. The molecule has 1 aromatic heterocycles. The summed E-state index contributed by atoms with van der Waals surface area (Å²) >= 11 is 0. The van der Waals surface area contributed by atoms with Crippen molar-refractivity contribution >= 4 is 5.91 Å². The number of aromatic nitrogens is 1. The fraction of sp³-hybridized carbons (Fsp3) is 0.500. The number of rotatable bonds is 7. The molecule has 0 saturated carbocycles. The minimum atomic E-state index is 0.0394. The van der Waals surface area contributed by atoms with Gasteiger partial charge in [-0.1, -0.05) is 18.2 Å². The third kappa shape index (κ3) is 4.83. The van der Waals surface area contributed by atoms with Gasteiger partial charge in [-0.25, -0.2) is 0 Å². The Balaban J connectivity index is 1.47. The van der Waals surface area contributed by atoms with Gasteiger partial charge in [0.05, 0.1) is 0 Å². The summed E-state index contributed by atoms with van der Waals surface area (Å²) in [5, 5.41) is 9.66. The molecule has 1 N–H and O–H groups in total. The van der Waals surface area contributed by atoms with Gasteiger partial charge in [0.15, 0.2) is 0 Å². The quantitative estimate of drug-likeness (QED) is 0.736. The largest absolute Gasteiger partial charge is 0.508 e. The monoisotopic (exact) mass is 425 g/mol. The van der Waals surface area contributed by atoms with E-state index < -0.39 is 0 Å². The van der Waals surface area contributed by atoms with Crippen LogP contribution in [0.5, 0.6) is 5.75 Å². The number of nitrogens with zero attached hydrogens (tertiary/aromatic N) is 3. The average molecular weight is 426 g/mol. The molecule has 2 aromatic rings. The Kier molecular flexibility index (Phi) is 6.43. The maximum atomic E-state index is 13.2. The lowest BCUT2D eigenvalue weighted by Gasteiger charge is -2.43. The highest BCUT2D eigenvalue weighted by atomic mass is 16.5. The van der Waals surface area contributed by atoms with Gasteiger partial charge in [0.1, 0.15) is 12.4 Å². The SMILES string of the molecule is CCOCC(=O)N1C[C@@H]2C[C@H](C1)c1ccc(CN(C)Cc3cccc(O)c3)c(=O)n1C2. The zero-order valence-electron chi connectivity index (χ0n) is 18.3. The third-order valence-electron chi connectivity index (χ3n) is 6.27. The summed E-state index contributed by atoms with van der Waals surface area (Å²) in [5.41, 5.74) is 2.89. The second-order valence-electron chi connectivity index (χ2n) is 8.78. The molecule has 31 heavy (non-hydrogen) atoms. The topological polar surface area (TPSA) is 75.0 Å². The van der Waals surface area contributed by atoms with Crippen LogP contribution in [0.4, 0.5) is 0 Å². The zero-order valence-corrected chi connectivity index (χ0v) is 18.3. The van der Waals surface area contributed by atoms with Gasteiger partial charge in [0.2, 0.25) is 5.91 Å². The van der Waals surface area contributed by atoms with E-state index in [1.54, 1.807) is 12.1 Å². The van der Waals surface area contributed by atoms with Crippen molar-refractivity contribution in [2.24, 2.45) is 5.92 Å². The first-order chi connectivity index (χ1) is 14.9. The highest BCUT2D eigenvalue weighted by Gasteiger charge is 2.36. The number of carbonyl (C=O) groups is 1. The number of ether oxygens (including phenoxy) is 1. The van der Waals surface area contributed by atoms with Crippen LogP contribution in [-0.4, -0.2) is 58.7 Å². The third-order valence-corrected chi connectivity index (χ3v) is 6.27. The lowest BCUT2D eigenvalue weighted by molar-refractivity contribution is -0.138. The molecule has 1 amide bonds. The standard InChI is InChI=1S/C24H31N3O4/c1-3-31-16-23(29)26-12-18-9-20(15-26)22-8-7-19(24(30)27(22)13-18)14-25(2)11-17-5-4-6-21(28)10-17/h4-8,10,18,20,28H,3,9,11-16H2,1-2H3/t18-,20+/m0/s1. The molecule has 2 bridgehead atoms. The van der Waals surface area contributed by atoms with Crippen molar-refractivity contribution in [3.8, 4) is 5.75 Å². The number of hydrogen-bond donors (Lipinski definition) is 1. The molecule has 0 radical (unpaired) electrons. The summed E-state index contributed by atoms with van der Waals surface area (Å²) in [7, 11) is 1.98. The van der Waals surface area contributed by atoms with E-state index in [9.17, 15) is 14.7 Å². The average Bonchev–Trinajstić information content (AvgIpc) is 2.74. The number of phenolic OH excluding ortho intramolecular Hbond substituents is 1. The molecule has 2 aliphatic heterocycles. The number of carbonyl (C=O) groups excluding carboxylic acids is 1. The van der Waals surface area contributed by atoms with E-state index in [4.69, 9.17) is 4.74 Å². The lowest BCUT2D eigenvalue weighted by Crippen LogP contribution is -2.50. The minimum absolute atomic E-state index is 0.0394. The molecule has 1 saturated heterocycles. The molecule has 1 aromatic carbocycles. The number of amides is 1. The summed E-state index contributed by atoms with van der Waals surface area (Å²) in [4.78, 5) is 29.6. The van der Waals surface area contributed by atoms with Crippen LogP contribution in [0.1, 0.15) is 36.1 Å². The van der Waals surface area contributed by atoms with E-state index in [-0.39, 0.29) is 29.7 Å². The fourth-order valence-corrected chi connectivity index (χ4v) is 4.91. The molecule has 3 heterocycles. The Morgan fingerprint density at radius 1 is 1.19 bits per heavy atom. The van der Waals surface area contributed by atoms with Crippen LogP contribution in [0.2, 0.25) is 0 Å². The van der Waals surface area contributed by atoms with Gasteiger partial charge < -0.3 is 19.3 Å². The number of hydrogen-bond acceptors (Lipinski definition) is 5. The number of aromatic hydroxyl groups is 1. The van der Waals surface area contributed by atoms with Gasteiger partial charge >= 0.3 is 0 Å². The van der Waals surface area contributed by atoms with Gasteiger partial charge in [-0.15, -0.1) is 0 Å².